The minimum Gasteiger partial charge on any atom is -0.444 e. The summed E-state index contributed by atoms with van der Waals surface area (Å²) in [4.78, 5) is 19.4. The van der Waals surface area contributed by atoms with Crippen molar-refractivity contribution >= 4 is 25.2 Å². The second kappa shape index (κ2) is 7.04. The zero-order valence-corrected chi connectivity index (χ0v) is 18.2. The first-order chi connectivity index (χ1) is 12.6. The number of aromatic nitrogens is 2. The van der Waals surface area contributed by atoms with Crippen LogP contribution in [0.2, 0.25) is 19.6 Å². The molecule has 3 rings (SSSR count). The predicted molar refractivity (Wildman–Crippen MR) is 111 cm³/mol. The molecule has 1 aliphatic heterocycles. The Kier molecular flexibility index (Phi) is 5.09. The number of benzene rings is 1. The molecule has 0 saturated carbocycles. The van der Waals surface area contributed by atoms with E-state index in [9.17, 15) is 4.79 Å². The minimum atomic E-state index is -1.55. The van der Waals surface area contributed by atoms with Crippen LogP contribution in [-0.2, 0) is 4.74 Å². The smallest absolute Gasteiger partial charge is 0.410 e. The van der Waals surface area contributed by atoms with Crippen LogP contribution in [0.4, 0.5) is 4.79 Å². The van der Waals surface area contributed by atoms with Gasteiger partial charge in [0.25, 0.3) is 0 Å². The van der Waals surface area contributed by atoms with Gasteiger partial charge < -0.3 is 4.74 Å². The maximum absolute atomic E-state index is 12.7. The summed E-state index contributed by atoms with van der Waals surface area (Å²) in [7, 11) is -1.55. The van der Waals surface area contributed by atoms with Crippen molar-refractivity contribution in [1.82, 2.24) is 14.5 Å². The third-order valence-corrected chi connectivity index (χ3v) is 5.17. The fourth-order valence-electron chi connectivity index (χ4n) is 3.18. The lowest BCUT2D eigenvalue weighted by Gasteiger charge is -2.28. The van der Waals surface area contributed by atoms with E-state index >= 15 is 0 Å². The van der Waals surface area contributed by atoms with Crippen LogP contribution in [0.3, 0.4) is 0 Å². The fourth-order valence-corrected chi connectivity index (χ4v) is 3.63. The van der Waals surface area contributed by atoms with Gasteiger partial charge in [-0.25, -0.2) is 9.78 Å². The lowest BCUT2D eigenvalue weighted by atomic mass is 10.2. The monoisotopic (exact) mass is 383 g/mol. The third-order valence-electron chi connectivity index (χ3n) is 4.31. The average Bonchev–Trinajstić information content (AvgIpc) is 3.15. The molecule has 1 amide bonds. The van der Waals surface area contributed by atoms with Crippen molar-refractivity contribution in [2.45, 2.75) is 64.9 Å². The van der Waals surface area contributed by atoms with Crippen molar-refractivity contribution in [1.29, 1.82) is 0 Å². The Labute approximate surface area is 162 Å². The molecule has 2 heterocycles. The van der Waals surface area contributed by atoms with E-state index in [-0.39, 0.29) is 12.1 Å². The molecule has 27 heavy (non-hydrogen) atoms. The van der Waals surface area contributed by atoms with Gasteiger partial charge >= 0.3 is 6.09 Å². The number of amides is 1. The summed E-state index contributed by atoms with van der Waals surface area (Å²) < 4.78 is 7.61. The summed E-state index contributed by atoms with van der Waals surface area (Å²) in [5, 5.41) is 0. The normalized spacial score (nSPS) is 17.7. The maximum atomic E-state index is 12.7. The van der Waals surface area contributed by atoms with E-state index in [4.69, 9.17) is 9.72 Å². The van der Waals surface area contributed by atoms with Gasteiger partial charge in [0.2, 0.25) is 0 Å². The number of ether oxygens (including phenoxy) is 1. The zero-order chi connectivity index (χ0) is 19.8. The molecule has 0 aliphatic carbocycles. The van der Waals surface area contributed by atoms with Gasteiger partial charge in [-0.1, -0.05) is 31.8 Å². The van der Waals surface area contributed by atoms with E-state index in [1.807, 2.05) is 49.6 Å². The summed E-state index contributed by atoms with van der Waals surface area (Å²) in [5.74, 6) is 0.838. The molecule has 1 aliphatic rings. The topological polar surface area (TPSA) is 47.4 Å². The lowest BCUT2D eigenvalue weighted by molar-refractivity contribution is 0.0217. The summed E-state index contributed by atoms with van der Waals surface area (Å²) >= 11 is 0. The molecule has 1 saturated heterocycles. The molecular formula is C21H29N3O2Si. The molecule has 0 bridgehead atoms. The van der Waals surface area contributed by atoms with Gasteiger partial charge in [-0.3, -0.25) is 9.47 Å². The van der Waals surface area contributed by atoms with Crippen LogP contribution in [0.1, 0.15) is 45.5 Å². The first-order valence-corrected chi connectivity index (χ1v) is 13.1. The molecule has 0 radical (unpaired) electrons. The summed E-state index contributed by atoms with van der Waals surface area (Å²) in [6, 6.07) is 11.3. The van der Waals surface area contributed by atoms with Crippen LogP contribution < -0.4 is 0 Å². The average molecular weight is 384 g/mol. The summed E-state index contributed by atoms with van der Waals surface area (Å²) in [5.41, 5.74) is 4.83. The first-order valence-electron chi connectivity index (χ1n) is 9.55. The highest BCUT2D eigenvalue weighted by Crippen LogP contribution is 2.34. The van der Waals surface area contributed by atoms with E-state index < -0.39 is 13.7 Å². The van der Waals surface area contributed by atoms with E-state index in [0.29, 0.717) is 6.54 Å². The van der Waals surface area contributed by atoms with Gasteiger partial charge in [0.05, 0.1) is 17.1 Å². The van der Waals surface area contributed by atoms with Gasteiger partial charge in [0.15, 0.2) is 0 Å². The second-order valence-corrected chi connectivity index (χ2v) is 13.9. The Morgan fingerprint density at radius 2 is 1.96 bits per heavy atom. The van der Waals surface area contributed by atoms with E-state index in [1.54, 1.807) is 4.90 Å². The molecule has 1 aromatic heterocycles. The summed E-state index contributed by atoms with van der Waals surface area (Å²) in [6.45, 7) is 13.0. The largest absolute Gasteiger partial charge is 0.444 e. The lowest BCUT2D eigenvalue weighted by Crippen LogP contribution is -2.37. The molecule has 0 spiro atoms. The van der Waals surface area contributed by atoms with E-state index in [1.165, 1.54) is 0 Å². The number of fused-ring (bicyclic) bond motifs is 1. The van der Waals surface area contributed by atoms with Crippen molar-refractivity contribution in [2.24, 2.45) is 0 Å². The maximum Gasteiger partial charge on any atom is 0.410 e. The zero-order valence-electron chi connectivity index (χ0n) is 17.2. The van der Waals surface area contributed by atoms with Gasteiger partial charge in [-0.2, -0.15) is 0 Å². The van der Waals surface area contributed by atoms with Crippen molar-refractivity contribution < 1.29 is 9.53 Å². The molecule has 0 N–H and O–H groups in total. The first kappa shape index (κ1) is 19.5. The van der Waals surface area contributed by atoms with Crippen LogP contribution in [0.5, 0.6) is 0 Å². The van der Waals surface area contributed by atoms with Crippen LogP contribution in [0.15, 0.2) is 24.3 Å². The number of hydrogen-bond donors (Lipinski definition) is 0. The number of hydrogen-bond acceptors (Lipinski definition) is 3. The van der Waals surface area contributed by atoms with Gasteiger partial charge in [0.1, 0.15) is 19.5 Å². The van der Waals surface area contributed by atoms with Crippen molar-refractivity contribution in [3.63, 3.8) is 0 Å². The predicted octanol–water partition coefficient (Wildman–Crippen LogP) is 4.79. The fraction of sp³-hybridized carbons (Fsp3) is 0.524. The Balaban J connectivity index is 2.04. The van der Waals surface area contributed by atoms with Crippen molar-refractivity contribution in [2.75, 3.05) is 6.54 Å². The number of para-hydroxylation sites is 2. The molecule has 1 fully saturated rings. The second-order valence-electron chi connectivity index (χ2n) is 9.11. The highest BCUT2D eigenvalue weighted by Gasteiger charge is 2.36. The Morgan fingerprint density at radius 1 is 1.26 bits per heavy atom. The van der Waals surface area contributed by atoms with Gasteiger partial charge in [0, 0.05) is 12.6 Å². The standard InChI is InChI=1S/C21H29N3O2Si/c1-21(2,3)26-20(25)24-13-9-12-18(24)19-22-16-10-7-8-11-17(16)23(19)14-15-27(4,5)6/h7-8,10-11,18H,9,12-13H2,1-6H3. The Hall–Kier alpha value is -2.26. The van der Waals surface area contributed by atoms with Crippen LogP contribution in [0, 0.1) is 11.6 Å². The molecular weight excluding hydrogens is 354 g/mol. The molecule has 1 unspecified atom stereocenters. The number of carbonyl (C=O) groups is 1. The summed E-state index contributed by atoms with van der Waals surface area (Å²) in [6.07, 6.45) is 1.54. The quantitative estimate of drug-likeness (QED) is 0.525. The third kappa shape index (κ3) is 4.53. The van der Waals surface area contributed by atoms with Crippen molar-refractivity contribution in [3.8, 4) is 11.6 Å². The van der Waals surface area contributed by atoms with Crippen LogP contribution >= 0.6 is 0 Å². The Bertz CT molecular complexity index is 909. The molecule has 2 aromatic rings. The SMILES string of the molecule is CC(C)(C)OC(=O)N1CCCC1c1nc2ccccc2n1C#C[Si](C)(C)C. The highest BCUT2D eigenvalue weighted by atomic mass is 28.3. The number of rotatable bonds is 1. The molecule has 1 atom stereocenters. The van der Waals surface area contributed by atoms with Crippen LogP contribution in [0.25, 0.3) is 11.0 Å². The molecule has 1 aromatic carbocycles. The molecule has 6 heteroatoms. The minimum absolute atomic E-state index is 0.108. The highest BCUT2D eigenvalue weighted by molar-refractivity contribution is 6.83. The number of nitrogens with zero attached hydrogens (tertiary/aromatic N) is 3. The van der Waals surface area contributed by atoms with Gasteiger partial charge in [-0.15, -0.1) is 5.54 Å². The molecule has 144 valence electrons. The molecule has 5 nitrogen and oxygen atoms in total. The van der Waals surface area contributed by atoms with E-state index in [0.717, 1.165) is 29.7 Å². The van der Waals surface area contributed by atoms with E-state index in [2.05, 4.69) is 31.2 Å². The van der Waals surface area contributed by atoms with Gasteiger partial charge in [-0.05, 0) is 45.7 Å². The Morgan fingerprint density at radius 3 is 2.63 bits per heavy atom. The van der Waals surface area contributed by atoms with Crippen LogP contribution in [-0.4, -0.2) is 40.8 Å². The number of carbonyl (C=O) groups excluding carboxylic acids is 1. The van der Waals surface area contributed by atoms with Crippen molar-refractivity contribution in [3.05, 3.63) is 30.1 Å². The number of likely N-dealkylation sites (tertiary alicyclic amines) is 1. The number of imidazole rings is 1.